The average molecular weight is 183 g/mol. The Morgan fingerprint density at radius 3 is 2.77 bits per heavy atom. The predicted molar refractivity (Wildman–Crippen MR) is 51.0 cm³/mol. The lowest BCUT2D eigenvalue weighted by molar-refractivity contribution is -0.133. The number of amides is 1. The van der Waals surface area contributed by atoms with Gasteiger partial charge in [-0.15, -0.1) is 12.3 Å². The lowest BCUT2D eigenvalue weighted by Gasteiger charge is -2.10. The first-order valence-electron chi connectivity index (χ1n) is 4.63. The molecule has 74 valence electrons. The van der Waals surface area contributed by atoms with Crippen LogP contribution in [0.2, 0.25) is 0 Å². The summed E-state index contributed by atoms with van der Waals surface area (Å²) in [5.41, 5.74) is 1.64. The van der Waals surface area contributed by atoms with Crippen LogP contribution >= 0.6 is 0 Å². The van der Waals surface area contributed by atoms with Crippen LogP contribution < -0.4 is 5.48 Å². The van der Waals surface area contributed by atoms with Gasteiger partial charge >= 0.3 is 0 Å². The molecule has 0 aliphatic carbocycles. The van der Waals surface area contributed by atoms with Gasteiger partial charge in [0.2, 0.25) is 5.91 Å². The summed E-state index contributed by atoms with van der Waals surface area (Å²) in [5, 5.41) is 8.42. The van der Waals surface area contributed by atoms with Gasteiger partial charge in [-0.25, -0.2) is 5.48 Å². The van der Waals surface area contributed by atoms with Crippen molar-refractivity contribution >= 4 is 5.91 Å². The molecule has 0 aliphatic rings. The molecule has 0 spiro atoms. The minimum Gasteiger partial charge on any atom is -0.289 e. The van der Waals surface area contributed by atoms with Gasteiger partial charge in [0.15, 0.2) is 0 Å². The van der Waals surface area contributed by atoms with Crippen molar-refractivity contribution in [2.24, 2.45) is 5.92 Å². The van der Waals surface area contributed by atoms with Crippen LogP contribution in [0.25, 0.3) is 0 Å². The van der Waals surface area contributed by atoms with Crippen LogP contribution in [0.5, 0.6) is 0 Å². The summed E-state index contributed by atoms with van der Waals surface area (Å²) in [5.74, 6) is 1.84. The molecule has 0 aromatic heterocycles. The molecule has 0 unspecified atom stereocenters. The second kappa shape index (κ2) is 7.63. The van der Waals surface area contributed by atoms with Crippen LogP contribution in [0, 0.1) is 18.3 Å². The smallest absolute Gasteiger partial charge is 0.247 e. The van der Waals surface area contributed by atoms with Crippen molar-refractivity contribution in [2.75, 3.05) is 0 Å². The molecule has 0 radical (unpaired) electrons. The van der Waals surface area contributed by atoms with Crippen molar-refractivity contribution in [1.29, 1.82) is 0 Å². The third-order valence-corrected chi connectivity index (χ3v) is 2.00. The topological polar surface area (TPSA) is 49.3 Å². The molecule has 0 rings (SSSR count). The zero-order valence-electron chi connectivity index (χ0n) is 8.05. The number of hydroxylamine groups is 1. The largest absolute Gasteiger partial charge is 0.289 e. The fraction of sp³-hybridized carbons (Fsp3) is 0.700. The molecule has 2 N–H and O–H groups in total. The van der Waals surface area contributed by atoms with E-state index in [1.807, 2.05) is 0 Å². The summed E-state index contributed by atoms with van der Waals surface area (Å²) in [6.07, 6.45) is 9.46. The fourth-order valence-electron chi connectivity index (χ4n) is 1.20. The minimum absolute atomic E-state index is 0.235. The van der Waals surface area contributed by atoms with Crippen molar-refractivity contribution in [3.05, 3.63) is 0 Å². The van der Waals surface area contributed by atoms with Crippen molar-refractivity contribution in [1.82, 2.24) is 5.48 Å². The summed E-state index contributed by atoms with van der Waals surface area (Å²) in [6, 6.07) is 0. The Bertz CT molecular complexity index is 184. The van der Waals surface area contributed by atoms with Crippen LogP contribution in [0.4, 0.5) is 0 Å². The highest BCUT2D eigenvalue weighted by Gasteiger charge is 2.15. The van der Waals surface area contributed by atoms with Gasteiger partial charge in [-0.2, -0.15) is 0 Å². The van der Waals surface area contributed by atoms with Crippen LogP contribution in [0.3, 0.4) is 0 Å². The van der Waals surface area contributed by atoms with Crippen LogP contribution in [-0.2, 0) is 4.79 Å². The third-order valence-electron chi connectivity index (χ3n) is 2.00. The molecule has 0 aromatic carbocycles. The molecule has 0 saturated carbocycles. The maximum absolute atomic E-state index is 11.0. The fourth-order valence-corrected chi connectivity index (χ4v) is 1.20. The number of carbonyl (C=O) groups is 1. The summed E-state index contributed by atoms with van der Waals surface area (Å²) in [6.45, 7) is 2.10. The first kappa shape index (κ1) is 12.0. The molecule has 3 heteroatoms. The van der Waals surface area contributed by atoms with E-state index >= 15 is 0 Å². The molecule has 0 saturated heterocycles. The normalized spacial score (nSPS) is 11.8. The van der Waals surface area contributed by atoms with E-state index < -0.39 is 0 Å². The Balaban J connectivity index is 3.81. The predicted octanol–water partition coefficient (Wildman–Crippen LogP) is 1.71. The molecule has 0 aliphatic heterocycles. The van der Waals surface area contributed by atoms with Gasteiger partial charge in [0.1, 0.15) is 0 Å². The number of hydrogen-bond donors (Lipinski definition) is 2. The van der Waals surface area contributed by atoms with Crippen LogP contribution in [-0.4, -0.2) is 11.1 Å². The number of carbonyl (C=O) groups excluding carboxylic acids is 1. The lowest BCUT2D eigenvalue weighted by Crippen LogP contribution is -2.27. The summed E-state index contributed by atoms with van der Waals surface area (Å²) >= 11 is 0. The number of unbranched alkanes of at least 4 members (excludes halogenated alkanes) is 2. The highest BCUT2D eigenvalue weighted by Crippen LogP contribution is 2.13. The summed E-state index contributed by atoms with van der Waals surface area (Å²) < 4.78 is 0. The van der Waals surface area contributed by atoms with Crippen molar-refractivity contribution in [3.63, 3.8) is 0 Å². The molecule has 0 aromatic rings. The van der Waals surface area contributed by atoms with E-state index in [4.69, 9.17) is 11.6 Å². The number of nitrogens with one attached hydrogen (secondary N) is 1. The van der Waals surface area contributed by atoms with Gasteiger partial charge in [-0.05, 0) is 6.42 Å². The maximum atomic E-state index is 11.0. The van der Waals surface area contributed by atoms with E-state index in [1.54, 1.807) is 5.48 Å². The highest BCUT2D eigenvalue weighted by atomic mass is 16.5. The molecule has 0 heterocycles. The van der Waals surface area contributed by atoms with E-state index in [9.17, 15) is 4.79 Å². The number of rotatable bonds is 6. The van der Waals surface area contributed by atoms with Gasteiger partial charge in [0.25, 0.3) is 0 Å². The highest BCUT2D eigenvalue weighted by molar-refractivity contribution is 5.77. The second-order valence-electron chi connectivity index (χ2n) is 3.08. The van der Waals surface area contributed by atoms with E-state index in [1.165, 1.54) is 0 Å². The standard InChI is InChI=1S/C10H17NO2/c1-3-5-6-8-9(7-4-2)10(12)11-13/h2,9,13H,3,5-8H2,1H3,(H,11,12)/t9-/m1/s1. The first-order valence-corrected chi connectivity index (χ1v) is 4.63. The zero-order valence-corrected chi connectivity index (χ0v) is 8.05. The van der Waals surface area contributed by atoms with Crippen LogP contribution in [0.15, 0.2) is 0 Å². The van der Waals surface area contributed by atoms with Gasteiger partial charge < -0.3 is 0 Å². The Kier molecular flexibility index (Phi) is 7.04. The van der Waals surface area contributed by atoms with E-state index in [-0.39, 0.29) is 11.8 Å². The number of terminal acetylenes is 1. The Hall–Kier alpha value is -1.01. The zero-order chi connectivity index (χ0) is 10.1. The molecule has 1 atom stereocenters. The first-order chi connectivity index (χ1) is 6.26. The van der Waals surface area contributed by atoms with Crippen molar-refractivity contribution in [2.45, 2.75) is 39.0 Å². The lowest BCUT2D eigenvalue weighted by atomic mass is 9.97. The maximum Gasteiger partial charge on any atom is 0.247 e. The Morgan fingerprint density at radius 2 is 2.31 bits per heavy atom. The Labute approximate surface area is 79.5 Å². The molecule has 0 bridgehead atoms. The summed E-state index contributed by atoms with van der Waals surface area (Å²) in [7, 11) is 0. The molecule has 3 nitrogen and oxygen atoms in total. The number of hydrogen-bond acceptors (Lipinski definition) is 2. The van der Waals surface area contributed by atoms with Gasteiger partial charge in [0.05, 0.1) is 5.92 Å². The molecule has 0 fully saturated rings. The SMILES string of the molecule is C#CC[C@H](CCCCC)C(=O)NO. The quantitative estimate of drug-likeness (QED) is 0.285. The summed E-state index contributed by atoms with van der Waals surface area (Å²) in [4.78, 5) is 11.0. The van der Waals surface area contributed by atoms with E-state index in [0.717, 1.165) is 25.7 Å². The van der Waals surface area contributed by atoms with Crippen molar-refractivity contribution in [3.8, 4) is 12.3 Å². The molecular formula is C10H17NO2. The second-order valence-corrected chi connectivity index (χ2v) is 3.08. The third kappa shape index (κ3) is 5.26. The van der Waals surface area contributed by atoms with Gasteiger partial charge in [-0.1, -0.05) is 26.2 Å². The Morgan fingerprint density at radius 1 is 1.62 bits per heavy atom. The van der Waals surface area contributed by atoms with Gasteiger partial charge in [0, 0.05) is 6.42 Å². The van der Waals surface area contributed by atoms with Crippen LogP contribution in [0.1, 0.15) is 39.0 Å². The van der Waals surface area contributed by atoms with E-state index in [0.29, 0.717) is 6.42 Å². The molecule has 13 heavy (non-hydrogen) atoms. The monoisotopic (exact) mass is 183 g/mol. The van der Waals surface area contributed by atoms with Gasteiger partial charge in [-0.3, -0.25) is 10.0 Å². The minimum atomic E-state index is -0.367. The molecular weight excluding hydrogens is 166 g/mol. The van der Waals surface area contributed by atoms with Crippen molar-refractivity contribution < 1.29 is 10.0 Å². The average Bonchev–Trinajstić information content (AvgIpc) is 2.16. The van der Waals surface area contributed by atoms with E-state index in [2.05, 4.69) is 12.8 Å². The molecule has 1 amide bonds.